The first-order valence-electron chi connectivity index (χ1n) is 7.15. The number of carbonyl (C=O) groups excluding carboxylic acids is 1. The van der Waals surface area contributed by atoms with Crippen molar-refractivity contribution in [3.63, 3.8) is 0 Å². The second-order valence-electron chi connectivity index (χ2n) is 5.43. The van der Waals surface area contributed by atoms with Crippen LogP contribution in [0.25, 0.3) is 11.0 Å². The third-order valence-electron chi connectivity index (χ3n) is 3.97. The molecule has 1 saturated heterocycles. The summed E-state index contributed by atoms with van der Waals surface area (Å²) in [6.07, 6.45) is 3.47. The Morgan fingerprint density at radius 3 is 2.80 bits per heavy atom. The van der Waals surface area contributed by atoms with Crippen LogP contribution in [0.15, 0.2) is 18.2 Å². The van der Waals surface area contributed by atoms with Crippen LogP contribution in [0.1, 0.15) is 25.1 Å². The SMILES string of the molecule is Cc1nc2cc(N)ccc2n1CC(=O)N1CCCCC1. The van der Waals surface area contributed by atoms with Crippen LogP contribution in [0.3, 0.4) is 0 Å². The number of benzene rings is 1. The van der Waals surface area contributed by atoms with Crippen LogP contribution in [0, 0.1) is 6.92 Å². The van der Waals surface area contributed by atoms with E-state index in [-0.39, 0.29) is 5.91 Å². The number of nitrogens with zero attached hydrogens (tertiary/aromatic N) is 3. The maximum atomic E-state index is 12.4. The molecule has 106 valence electrons. The van der Waals surface area contributed by atoms with Gasteiger partial charge >= 0.3 is 0 Å². The van der Waals surface area contributed by atoms with E-state index in [1.807, 2.05) is 34.6 Å². The second kappa shape index (κ2) is 5.15. The fourth-order valence-electron chi connectivity index (χ4n) is 2.85. The Hall–Kier alpha value is -2.04. The van der Waals surface area contributed by atoms with Crippen molar-refractivity contribution in [1.82, 2.24) is 14.5 Å². The van der Waals surface area contributed by atoms with Gasteiger partial charge in [0.05, 0.1) is 11.0 Å². The highest BCUT2D eigenvalue weighted by Gasteiger charge is 2.18. The first-order chi connectivity index (χ1) is 9.65. The third-order valence-corrected chi connectivity index (χ3v) is 3.97. The van der Waals surface area contributed by atoms with Crippen molar-refractivity contribution in [2.75, 3.05) is 18.8 Å². The maximum Gasteiger partial charge on any atom is 0.242 e. The molecule has 1 aromatic carbocycles. The second-order valence-corrected chi connectivity index (χ2v) is 5.43. The highest BCUT2D eigenvalue weighted by Crippen LogP contribution is 2.19. The number of piperidine rings is 1. The van der Waals surface area contributed by atoms with Gasteiger partial charge in [-0.3, -0.25) is 4.79 Å². The van der Waals surface area contributed by atoms with Crippen LogP contribution in [0.4, 0.5) is 5.69 Å². The van der Waals surface area contributed by atoms with Gasteiger partial charge in [0.15, 0.2) is 0 Å². The molecule has 0 aliphatic carbocycles. The lowest BCUT2D eigenvalue weighted by Crippen LogP contribution is -2.37. The van der Waals surface area contributed by atoms with Gasteiger partial charge in [0.25, 0.3) is 0 Å². The number of nitrogens with two attached hydrogens (primary N) is 1. The summed E-state index contributed by atoms with van der Waals surface area (Å²) in [5.41, 5.74) is 8.31. The fourth-order valence-corrected chi connectivity index (χ4v) is 2.85. The lowest BCUT2D eigenvalue weighted by molar-refractivity contribution is -0.132. The van der Waals surface area contributed by atoms with Gasteiger partial charge in [-0.05, 0) is 44.4 Å². The van der Waals surface area contributed by atoms with Crippen LogP contribution in [-0.2, 0) is 11.3 Å². The summed E-state index contributed by atoms with van der Waals surface area (Å²) >= 11 is 0. The van der Waals surface area contributed by atoms with Crippen LogP contribution < -0.4 is 5.73 Å². The number of hydrogen-bond donors (Lipinski definition) is 1. The molecule has 1 aliphatic heterocycles. The summed E-state index contributed by atoms with van der Waals surface area (Å²) in [4.78, 5) is 18.8. The van der Waals surface area contributed by atoms with E-state index in [1.165, 1.54) is 6.42 Å². The third kappa shape index (κ3) is 2.35. The number of nitrogen functional groups attached to an aromatic ring is 1. The molecule has 2 aromatic rings. The molecule has 1 amide bonds. The van der Waals surface area contributed by atoms with Crippen molar-refractivity contribution in [3.8, 4) is 0 Å². The van der Waals surface area contributed by atoms with Gasteiger partial charge < -0.3 is 15.2 Å². The van der Waals surface area contributed by atoms with Gasteiger partial charge in [-0.25, -0.2) is 4.98 Å². The van der Waals surface area contributed by atoms with E-state index >= 15 is 0 Å². The van der Waals surface area contributed by atoms with E-state index in [0.717, 1.165) is 42.8 Å². The molecule has 0 unspecified atom stereocenters. The number of aromatic nitrogens is 2. The first kappa shape index (κ1) is 13.0. The Morgan fingerprint density at radius 1 is 1.30 bits per heavy atom. The van der Waals surface area contributed by atoms with E-state index in [9.17, 15) is 4.79 Å². The standard InChI is InChI=1S/C15H20N4O/c1-11-17-13-9-12(16)5-6-14(13)19(11)10-15(20)18-7-3-2-4-8-18/h5-6,9H,2-4,7-8,10,16H2,1H3. The van der Waals surface area contributed by atoms with Crippen LogP contribution in [0.2, 0.25) is 0 Å². The van der Waals surface area contributed by atoms with Gasteiger partial charge in [0.2, 0.25) is 5.91 Å². The van der Waals surface area contributed by atoms with E-state index in [4.69, 9.17) is 5.73 Å². The van der Waals surface area contributed by atoms with Gasteiger partial charge in [-0.1, -0.05) is 0 Å². The molecule has 5 nitrogen and oxygen atoms in total. The van der Waals surface area contributed by atoms with Crippen LogP contribution in [0.5, 0.6) is 0 Å². The predicted octanol–water partition coefficient (Wildman–Crippen LogP) is 1.94. The number of imidazole rings is 1. The zero-order valence-electron chi connectivity index (χ0n) is 11.8. The molecular weight excluding hydrogens is 252 g/mol. The van der Waals surface area contributed by atoms with Crippen molar-refractivity contribution in [1.29, 1.82) is 0 Å². The molecule has 0 spiro atoms. The Balaban J connectivity index is 1.86. The number of hydrogen-bond acceptors (Lipinski definition) is 3. The molecule has 2 N–H and O–H groups in total. The summed E-state index contributed by atoms with van der Waals surface area (Å²) in [5.74, 6) is 1.04. The van der Waals surface area contributed by atoms with Crippen molar-refractivity contribution >= 4 is 22.6 Å². The predicted molar refractivity (Wildman–Crippen MR) is 79.3 cm³/mol. The average Bonchev–Trinajstić information content (AvgIpc) is 2.75. The topological polar surface area (TPSA) is 64.1 Å². The van der Waals surface area contributed by atoms with Gasteiger partial charge in [0.1, 0.15) is 12.4 Å². The van der Waals surface area contributed by atoms with E-state index in [0.29, 0.717) is 12.2 Å². The monoisotopic (exact) mass is 272 g/mol. The van der Waals surface area contributed by atoms with Crippen molar-refractivity contribution in [2.45, 2.75) is 32.7 Å². The number of carbonyl (C=O) groups is 1. The molecule has 5 heteroatoms. The molecule has 0 atom stereocenters. The number of anilines is 1. The molecule has 0 bridgehead atoms. The van der Waals surface area contributed by atoms with Crippen LogP contribution >= 0.6 is 0 Å². The zero-order chi connectivity index (χ0) is 14.1. The molecule has 0 radical (unpaired) electrons. The fraction of sp³-hybridized carbons (Fsp3) is 0.467. The summed E-state index contributed by atoms with van der Waals surface area (Å²) in [7, 11) is 0. The molecule has 1 fully saturated rings. The van der Waals surface area contributed by atoms with E-state index < -0.39 is 0 Å². The molecule has 0 saturated carbocycles. The average molecular weight is 272 g/mol. The highest BCUT2D eigenvalue weighted by molar-refractivity contribution is 5.83. The van der Waals surface area contributed by atoms with E-state index in [1.54, 1.807) is 0 Å². The Kier molecular flexibility index (Phi) is 3.34. The molecule has 1 aromatic heterocycles. The molecule has 2 heterocycles. The first-order valence-corrected chi connectivity index (χ1v) is 7.15. The van der Waals surface area contributed by atoms with Crippen molar-refractivity contribution < 1.29 is 4.79 Å². The Morgan fingerprint density at radius 2 is 2.05 bits per heavy atom. The lowest BCUT2D eigenvalue weighted by atomic mass is 10.1. The minimum absolute atomic E-state index is 0.184. The number of rotatable bonds is 2. The molecular formula is C15H20N4O. The zero-order valence-corrected chi connectivity index (χ0v) is 11.8. The molecule has 20 heavy (non-hydrogen) atoms. The van der Waals surface area contributed by atoms with Gasteiger partial charge in [0, 0.05) is 18.8 Å². The summed E-state index contributed by atoms with van der Waals surface area (Å²) in [5, 5.41) is 0. The van der Waals surface area contributed by atoms with Crippen molar-refractivity contribution in [2.24, 2.45) is 0 Å². The Bertz CT molecular complexity index is 641. The summed E-state index contributed by atoms with van der Waals surface area (Å²) in [6, 6.07) is 5.64. The lowest BCUT2D eigenvalue weighted by Gasteiger charge is -2.27. The van der Waals surface area contributed by atoms with Gasteiger partial charge in [-0.15, -0.1) is 0 Å². The summed E-state index contributed by atoms with van der Waals surface area (Å²) < 4.78 is 1.98. The van der Waals surface area contributed by atoms with Gasteiger partial charge in [-0.2, -0.15) is 0 Å². The minimum atomic E-state index is 0.184. The minimum Gasteiger partial charge on any atom is -0.399 e. The highest BCUT2D eigenvalue weighted by atomic mass is 16.2. The van der Waals surface area contributed by atoms with Crippen LogP contribution in [-0.4, -0.2) is 33.4 Å². The molecule has 1 aliphatic rings. The maximum absolute atomic E-state index is 12.4. The number of fused-ring (bicyclic) bond motifs is 1. The number of likely N-dealkylation sites (tertiary alicyclic amines) is 1. The normalized spacial score (nSPS) is 15.8. The largest absolute Gasteiger partial charge is 0.399 e. The molecule has 3 rings (SSSR count). The summed E-state index contributed by atoms with van der Waals surface area (Å²) in [6.45, 7) is 4.07. The number of aryl methyl sites for hydroxylation is 1. The van der Waals surface area contributed by atoms with Crippen molar-refractivity contribution in [3.05, 3.63) is 24.0 Å². The number of amides is 1. The Labute approximate surface area is 118 Å². The quantitative estimate of drug-likeness (QED) is 0.850. The van der Waals surface area contributed by atoms with E-state index in [2.05, 4.69) is 4.98 Å². The smallest absolute Gasteiger partial charge is 0.242 e.